The predicted octanol–water partition coefficient (Wildman–Crippen LogP) is 1.47. The second-order valence-electron chi connectivity index (χ2n) is 4.02. The molecule has 0 saturated carbocycles. The molecule has 0 spiro atoms. The molecule has 1 aromatic carbocycles. The number of aromatic nitrogens is 3. The van der Waals surface area contributed by atoms with Crippen LogP contribution in [0.4, 0.5) is 5.82 Å². The molecule has 0 aliphatic rings. The Hall–Kier alpha value is -2.63. The van der Waals surface area contributed by atoms with Gasteiger partial charge in [0, 0.05) is 5.56 Å². The molecule has 6 nitrogen and oxygen atoms in total. The summed E-state index contributed by atoms with van der Waals surface area (Å²) in [5.41, 5.74) is 9.14. The lowest BCUT2D eigenvalue weighted by Crippen LogP contribution is -1.97. The van der Waals surface area contributed by atoms with Crippen LogP contribution in [0.1, 0.15) is 5.56 Å². The van der Waals surface area contributed by atoms with E-state index in [1.54, 1.807) is 12.1 Å². The van der Waals surface area contributed by atoms with Gasteiger partial charge in [-0.1, -0.05) is 6.07 Å². The quantitative estimate of drug-likeness (QED) is 0.673. The zero-order valence-corrected chi connectivity index (χ0v) is 9.60. The highest BCUT2D eigenvalue weighted by Gasteiger charge is 2.07. The number of rotatable bonds is 1. The molecule has 0 saturated heterocycles. The average molecular weight is 242 g/mol. The second-order valence-corrected chi connectivity index (χ2v) is 4.02. The largest absolute Gasteiger partial charge is 0.417 e. The number of fused-ring (bicyclic) bond motifs is 1. The summed E-state index contributed by atoms with van der Waals surface area (Å²) in [4.78, 5) is 13.6. The van der Waals surface area contributed by atoms with Crippen LogP contribution < -0.4 is 11.5 Å². The highest BCUT2D eigenvalue weighted by atomic mass is 16.4. The molecule has 6 heteroatoms. The van der Waals surface area contributed by atoms with Crippen LogP contribution in [-0.4, -0.2) is 15.2 Å². The summed E-state index contributed by atoms with van der Waals surface area (Å²) in [5.74, 6) is -0.0604. The topological polar surface area (TPSA) is 97.8 Å². The van der Waals surface area contributed by atoms with Crippen molar-refractivity contribution in [2.24, 2.45) is 0 Å². The monoisotopic (exact) mass is 242 g/mol. The molecule has 0 aliphatic carbocycles. The molecule has 18 heavy (non-hydrogen) atoms. The maximum atomic E-state index is 11.1. The maximum Gasteiger partial charge on any atom is 0.417 e. The Labute approximate surface area is 101 Å². The fraction of sp³-hybridized carbons (Fsp3) is 0.0833. The molecule has 0 fully saturated rings. The van der Waals surface area contributed by atoms with Gasteiger partial charge in [-0.3, -0.25) is 4.98 Å². The van der Waals surface area contributed by atoms with Gasteiger partial charge in [0.05, 0.1) is 11.2 Å². The van der Waals surface area contributed by atoms with E-state index in [4.69, 9.17) is 10.2 Å². The van der Waals surface area contributed by atoms with Gasteiger partial charge in [0.15, 0.2) is 5.58 Å². The predicted molar refractivity (Wildman–Crippen MR) is 67.0 cm³/mol. The summed E-state index contributed by atoms with van der Waals surface area (Å²) in [6.07, 6.45) is 0. The minimum atomic E-state index is -0.471. The first-order valence-corrected chi connectivity index (χ1v) is 5.36. The van der Waals surface area contributed by atoms with Gasteiger partial charge in [0.25, 0.3) is 0 Å². The van der Waals surface area contributed by atoms with Crippen LogP contribution in [0.3, 0.4) is 0 Å². The smallest absolute Gasteiger partial charge is 0.408 e. The van der Waals surface area contributed by atoms with E-state index in [0.29, 0.717) is 22.6 Å². The SMILES string of the molecule is Cc1cc(-c2ccc3[nH]c(=O)oc3c2)nnc1N. The van der Waals surface area contributed by atoms with Crippen LogP contribution in [0, 0.1) is 6.92 Å². The number of H-pyrrole nitrogens is 1. The van der Waals surface area contributed by atoms with E-state index in [0.717, 1.165) is 11.1 Å². The summed E-state index contributed by atoms with van der Waals surface area (Å²) in [5, 5.41) is 7.89. The van der Waals surface area contributed by atoms with Gasteiger partial charge < -0.3 is 10.2 Å². The zero-order chi connectivity index (χ0) is 12.7. The number of aromatic amines is 1. The number of nitrogens with one attached hydrogen (secondary N) is 1. The second kappa shape index (κ2) is 3.69. The van der Waals surface area contributed by atoms with Gasteiger partial charge in [0.1, 0.15) is 5.82 Å². The van der Waals surface area contributed by atoms with Crippen LogP contribution in [0.25, 0.3) is 22.4 Å². The molecule has 0 bridgehead atoms. The molecule has 0 unspecified atom stereocenters. The van der Waals surface area contributed by atoms with E-state index in [-0.39, 0.29) is 0 Å². The van der Waals surface area contributed by atoms with E-state index < -0.39 is 5.76 Å². The molecule has 3 aromatic rings. The Bertz CT molecular complexity index is 788. The Kier molecular flexibility index (Phi) is 2.16. The minimum Gasteiger partial charge on any atom is -0.408 e. The first-order chi connectivity index (χ1) is 8.63. The van der Waals surface area contributed by atoms with Gasteiger partial charge in [0.2, 0.25) is 0 Å². The molecule has 2 aromatic heterocycles. The molecule has 3 rings (SSSR count). The van der Waals surface area contributed by atoms with Gasteiger partial charge >= 0.3 is 5.76 Å². The van der Waals surface area contributed by atoms with Crippen molar-refractivity contribution in [3.05, 3.63) is 40.4 Å². The van der Waals surface area contributed by atoms with Crippen LogP contribution in [-0.2, 0) is 0 Å². The molecule has 0 amide bonds. The normalized spacial score (nSPS) is 10.9. The van der Waals surface area contributed by atoms with Gasteiger partial charge in [-0.05, 0) is 30.7 Å². The first kappa shape index (κ1) is 10.5. The fourth-order valence-corrected chi connectivity index (χ4v) is 1.74. The standard InChI is InChI=1S/C12H10N4O2/c1-6-4-9(15-16-11(6)13)7-2-3-8-10(5-7)18-12(17)14-8/h2-5H,1H3,(H2,13,16)(H,14,17). The van der Waals surface area contributed by atoms with Crippen molar-refractivity contribution in [3.8, 4) is 11.3 Å². The Morgan fingerprint density at radius 2 is 2.11 bits per heavy atom. The lowest BCUT2D eigenvalue weighted by molar-refractivity contribution is 0.555. The summed E-state index contributed by atoms with van der Waals surface area (Å²) in [6.45, 7) is 1.86. The minimum absolute atomic E-state index is 0.410. The Balaban J connectivity index is 2.18. The number of aryl methyl sites for hydroxylation is 1. The Morgan fingerprint density at radius 3 is 2.89 bits per heavy atom. The highest BCUT2D eigenvalue weighted by molar-refractivity contribution is 5.79. The lowest BCUT2D eigenvalue weighted by Gasteiger charge is -2.02. The molecule has 0 aliphatic heterocycles. The molecule has 0 radical (unpaired) electrons. The first-order valence-electron chi connectivity index (χ1n) is 5.36. The van der Waals surface area contributed by atoms with Crippen molar-refractivity contribution in [2.75, 3.05) is 5.73 Å². The van der Waals surface area contributed by atoms with Crippen molar-refractivity contribution in [1.29, 1.82) is 0 Å². The maximum absolute atomic E-state index is 11.1. The summed E-state index contributed by atoms with van der Waals surface area (Å²) >= 11 is 0. The number of benzene rings is 1. The van der Waals surface area contributed by atoms with Crippen LogP contribution >= 0.6 is 0 Å². The van der Waals surface area contributed by atoms with E-state index in [2.05, 4.69) is 15.2 Å². The third-order valence-corrected chi connectivity index (χ3v) is 2.74. The van der Waals surface area contributed by atoms with Crippen LogP contribution in [0.5, 0.6) is 0 Å². The van der Waals surface area contributed by atoms with Crippen molar-refractivity contribution < 1.29 is 4.42 Å². The summed E-state index contributed by atoms with van der Waals surface area (Å²) in [6, 6.07) is 7.19. The zero-order valence-electron chi connectivity index (χ0n) is 9.60. The molecular weight excluding hydrogens is 232 g/mol. The molecule has 2 heterocycles. The van der Waals surface area contributed by atoms with Crippen LogP contribution in [0.2, 0.25) is 0 Å². The van der Waals surface area contributed by atoms with E-state index in [1.165, 1.54) is 0 Å². The number of nitrogens with two attached hydrogens (primary N) is 1. The van der Waals surface area contributed by atoms with Crippen molar-refractivity contribution in [1.82, 2.24) is 15.2 Å². The van der Waals surface area contributed by atoms with E-state index in [1.807, 2.05) is 19.1 Å². The van der Waals surface area contributed by atoms with Gasteiger partial charge in [-0.2, -0.15) is 0 Å². The highest BCUT2D eigenvalue weighted by Crippen LogP contribution is 2.22. The average Bonchev–Trinajstić information content (AvgIpc) is 2.71. The molecule has 90 valence electrons. The molecule has 0 atom stereocenters. The number of nitrogen functional groups attached to an aromatic ring is 1. The van der Waals surface area contributed by atoms with Gasteiger partial charge in [-0.15, -0.1) is 10.2 Å². The van der Waals surface area contributed by atoms with E-state index in [9.17, 15) is 4.79 Å². The molecular formula is C12H10N4O2. The number of nitrogens with zero attached hydrogens (tertiary/aromatic N) is 2. The lowest BCUT2D eigenvalue weighted by atomic mass is 10.1. The number of anilines is 1. The van der Waals surface area contributed by atoms with Crippen molar-refractivity contribution in [3.63, 3.8) is 0 Å². The third-order valence-electron chi connectivity index (χ3n) is 2.74. The van der Waals surface area contributed by atoms with Gasteiger partial charge in [-0.25, -0.2) is 4.79 Å². The van der Waals surface area contributed by atoms with Crippen molar-refractivity contribution in [2.45, 2.75) is 6.92 Å². The Morgan fingerprint density at radius 1 is 1.28 bits per heavy atom. The van der Waals surface area contributed by atoms with Crippen molar-refractivity contribution >= 4 is 16.9 Å². The number of hydrogen-bond donors (Lipinski definition) is 2. The van der Waals surface area contributed by atoms with Crippen LogP contribution in [0.15, 0.2) is 33.5 Å². The third kappa shape index (κ3) is 1.64. The fourth-order valence-electron chi connectivity index (χ4n) is 1.74. The summed E-state index contributed by atoms with van der Waals surface area (Å²) in [7, 11) is 0. The number of hydrogen-bond acceptors (Lipinski definition) is 5. The summed E-state index contributed by atoms with van der Waals surface area (Å²) < 4.78 is 5.00. The van der Waals surface area contributed by atoms with E-state index >= 15 is 0 Å². The molecule has 3 N–H and O–H groups in total. The number of oxazole rings is 1.